The molecule has 0 aliphatic heterocycles. The van der Waals surface area contributed by atoms with Gasteiger partial charge >= 0.3 is 5.97 Å². The number of hydrogen-bond acceptors (Lipinski definition) is 5. The van der Waals surface area contributed by atoms with Crippen LogP contribution in [0.4, 0.5) is 5.69 Å². The van der Waals surface area contributed by atoms with E-state index in [-0.39, 0.29) is 24.6 Å². The Hall–Kier alpha value is -2.83. The molecular formula is C21H22ClN3O3. The standard InChI is InChI=1S/C21H22ClN3O3/c1-25(2)10-11-28-21(27)20-19(16-9-8-15(22)12-17(16)24-20)23-13-18(26)14-6-4-3-5-7-14/h3-9,12,23-24H,10-11,13H2,1-2H3. The molecule has 0 saturated heterocycles. The minimum atomic E-state index is -0.483. The number of ether oxygens (including phenoxy) is 1. The van der Waals surface area contributed by atoms with E-state index < -0.39 is 5.97 Å². The molecule has 0 saturated carbocycles. The Morgan fingerprint density at radius 1 is 1.14 bits per heavy atom. The molecule has 2 aromatic carbocycles. The highest BCUT2D eigenvalue weighted by atomic mass is 35.5. The minimum Gasteiger partial charge on any atom is -0.460 e. The monoisotopic (exact) mass is 399 g/mol. The molecule has 7 heteroatoms. The van der Waals surface area contributed by atoms with Crippen LogP contribution in [0, 0.1) is 0 Å². The second kappa shape index (κ2) is 8.91. The van der Waals surface area contributed by atoms with Gasteiger partial charge in [-0.15, -0.1) is 0 Å². The van der Waals surface area contributed by atoms with Gasteiger partial charge in [0.15, 0.2) is 5.78 Å². The Kier molecular flexibility index (Phi) is 6.34. The quantitative estimate of drug-likeness (QED) is 0.444. The highest BCUT2D eigenvalue weighted by Crippen LogP contribution is 2.30. The molecule has 0 bridgehead atoms. The van der Waals surface area contributed by atoms with Gasteiger partial charge in [0.25, 0.3) is 0 Å². The van der Waals surface area contributed by atoms with Gasteiger partial charge in [-0.3, -0.25) is 4.79 Å². The Balaban J connectivity index is 1.84. The summed E-state index contributed by atoms with van der Waals surface area (Å²) in [5.74, 6) is -0.556. The molecule has 1 aromatic heterocycles. The summed E-state index contributed by atoms with van der Waals surface area (Å²) in [5.41, 5.74) is 2.11. The molecule has 3 rings (SSSR count). The maximum Gasteiger partial charge on any atom is 0.356 e. The predicted octanol–water partition coefficient (Wildman–Crippen LogP) is 3.83. The van der Waals surface area contributed by atoms with E-state index in [1.165, 1.54) is 0 Å². The van der Waals surface area contributed by atoms with Gasteiger partial charge in [0.05, 0.1) is 12.2 Å². The fraction of sp³-hybridized carbons (Fsp3) is 0.238. The third-order valence-corrected chi connectivity index (χ3v) is 4.49. The third kappa shape index (κ3) is 4.71. The molecule has 0 amide bonds. The first-order valence-electron chi connectivity index (χ1n) is 8.91. The summed E-state index contributed by atoms with van der Waals surface area (Å²) in [7, 11) is 3.81. The SMILES string of the molecule is CN(C)CCOC(=O)c1[nH]c2cc(Cl)ccc2c1NCC(=O)c1ccccc1. The number of aromatic nitrogens is 1. The largest absolute Gasteiger partial charge is 0.460 e. The summed E-state index contributed by atoms with van der Waals surface area (Å²) >= 11 is 6.07. The molecule has 0 unspecified atom stereocenters. The van der Waals surface area contributed by atoms with Crippen molar-refractivity contribution in [2.45, 2.75) is 0 Å². The molecule has 2 N–H and O–H groups in total. The number of anilines is 1. The van der Waals surface area contributed by atoms with Crippen molar-refractivity contribution in [3.05, 3.63) is 64.8 Å². The summed E-state index contributed by atoms with van der Waals surface area (Å²) in [6.07, 6.45) is 0. The normalized spacial score (nSPS) is 11.0. The number of rotatable bonds is 8. The van der Waals surface area contributed by atoms with Crippen molar-refractivity contribution < 1.29 is 14.3 Å². The van der Waals surface area contributed by atoms with Gasteiger partial charge in [0.2, 0.25) is 0 Å². The van der Waals surface area contributed by atoms with Gasteiger partial charge < -0.3 is 19.9 Å². The number of nitrogens with one attached hydrogen (secondary N) is 2. The smallest absolute Gasteiger partial charge is 0.356 e. The minimum absolute atomic E-state index is 0.0531. The molecule has 146 valence electrons. The van der Waals surface area contributed by atoms with Gasteiger partial charge in [-0.1, -0.05) is 41.9 Å². The van der Waals surface area contributed by atoms with Gasteiger partial charge in [-0.05, 0) is 32.3 Å². The van der Waals surface area contributed by atoms with E-state index in [4.69, 9.17) is 16.3 Å². The molecule has 0 spiro atoms. The Morgan fingerprint density at radius 3 is 2.61 bits per heavy atom. The highest BCUT2D eigenvalue weighted by molar-refractivity contribution is 6.31. The number of hydrogen-bond donors (Lipinski definition) is 2. The summed E-state index contributed by atoms with van der Waals surface area (Å²) in [5, 5.41) is 4.42. The van der Waals surface area contributed by atoms with E-state index in [0.717, 1.165) is 5.39 Å². The van der Waals surface area contributed by atoms with Crippen molar-refractivity contribution in [2.75, 3.05) is 39.1 Å². The zero-order chi connectivity index (χ0) is 20.1. The van der Waals surface area contributed by atoms with E-state index in [1.54, 1.807) is 30.3 Å². The number of benzene rings is 2. The summed E-state index contributed by atoms with van der Waals surface area (Å²) in [6.45, 7) is 0.939. The number of esters is 1. The van der Waals surface area contributed by atoms with Crippen LogP contribution in [0.5, 0.6) is 0 Å². The first kappa shape index (κ1) is 19.9. The lowest BCUT2D eigenvalue weighted by molar-refractivity contribution is 0.0477. The number of carbonyl (C=O) groups is 2. The first-order valence-corrected chi connectivity index (χ1v) is 9.28. The molecule has 0 fully saturated rings. The van der Waals surface area contributed by atoms with E-state index in [1.807, 2.05) is 37.2 Å². The summed E-state index contributed by atoms with van der Waals surface area (Å²) in [6, 6.07) is 14.3. The van der Waals surface area contributed by atoms with Crippen LogP contribution in [0.2, 0.25) is 5.02 Å². The zero-order valence-electron chi connectivity index (χ0n) is 15.8. The average molecular weight is 400 g/mol. The fourth-order valence-electron chi connectivity index (χ4n) is 2.79. The molecule has 0 aliphatic rings. The Labute approximate surface area is 168 Å². The molecule has 0 radical (unpaired) electrons. The van der Waals surface area contributed by atoms with Crippen molar-refractivity contribution in [2.24, 2.45) is 0 Å². The van der Waals surface area contributed by atoms with E-state index in [9.17, 15) is 9.59 Å². The van der Waals surface area contributed by atoms with Crippen molar-refractivity contribution in [3.63, 3.8) is 0 Å². The summed E-state index contributed by atoms with van der Waals surface area (Å²) in [4.78, 5) is 30.0. The molecule has 6 nitrogen and oxygen atoms in total. The number of halogens is 1. The topological polar surface area (TPSA) is 74.4 Å². The second-order valence-electron chi connectivity index (χ2n) is 6.65. The van der Waals surface area contributed by atoms with Crippen molar-refractivity contribution >= 4 is 39.9 Å². The van der Waals surface area contributed by atoms with Crippen molar-refractivity contribution in [1.82, 2.24) is 9.88 Å². The lowest BCUT2D eigenvalue weighted by Gasteiger charge is -2.11. The number of fused-ring (bicyclic) bond motifs is 1. The Morgan fingerprint density at radius 2 is 1.89 bits per heavy atom. The highest BCUT2D eigenvalue weighted by Gasteiger charge is 2.20. The first-order chi connectivity index (χ1) is 13.5. The lowest BCUT2D eigenvalue weighted by atomic mass is 10.1. The number of ketones is 1. The number of carbonyl (C=O) groups excluding carboxylic acids is 2. The van der Waals surface area contributed by atoms with Gasteiger partial charge in [-0.2, -0.15) is 0 Å². The zero-order valence-corrected chi connectivity index (χ0v) is 16.5. The van der Waals surface area contributed by atoms with Crippen LogP contribution in [0.25, 0.3) is 10.9 Å². The maximum absolute atomic E-state index is 12.6. The van der Waals surface area contributed by atoms with Gasteiger partial charge in [0.1, 0.15) is 12.3 Å². The molecular weight excluding hydrogens is 378 g/mol. The van der Waals surface area contributed by atoms with Crippen molar-refractivity contribution in [3.8, 4) is 0 Å². The van der Waals surface area contributed by atoms with E-state index in [2.05, 4.69) is 10.3 Å². The van der Waals surface area contributed by atoms with Crippen LogP contribution >= 0.6 is 11.6 Å². The summed E-state index contributed by atoms with van der Waals surface area (Å²) < 4.78 is 5.36. The van der Waals surface area contributed by atoms with Crippen LogP contribution in [0.3, 0.4) is 0 Å². The van der Waals surface area contributed by atoms with Crippen LogP contribution in [0.15, 0.2) is 48.5 Å². The predicted molar refractivity (Wildman–Crippen MR) is 111 cm³/mol. The van der Waals surface area contributed by atoms with Crippen molar-refractivity contribution in [1.29, 1.82) is 0 Å². The van der Waals surface area contributed by atoms with Crippen LogP contribution in [-0.4, -0.2) is 55.4 Å². The average Bonchev–Trinajstić information content (AvgIpc) is 3.04. The number of likely N-dealkylation sites (N-methyl/N-ethyl adjacent to an activating group) is 1. The van der Waals surface area contributed by atoms with Crippen LogP contribution < -0.4 is 5.32 Å². The molecule has 0 atom stereocenters. The molecule has 1 heterocycles. The molecule has 0 aliphatic carbocycles. The lowest BCUT2D eigenvalue weighted by Crippen LogP contribution is -2.21. The van der Waals surface area contributed by atoms with Crippen LogP contribution in [-0.2, 0) is 4.74 Å². The fourth-order valence-corrected chi connectivity index (χ4v) is 2.97. The maximum atomic E-state index is 12.6. The molecule has 28 heavy (non-hydrogen) atoms. The number of nitrogens with zero attached hydrogens (tertiary/aromatic N) is 1. The molecule has 3 aromatic rings. The third-order valence-electron chi connectivity index (χ3n) is 4.26. The van der Waals surface area contributed by atoms with E-state index >= 15 is 0 Å². The number of aromatic amines is 1. The van der Waals surface area contributed by atoms with E-state index in [0.29, 0.717) is 28.3 Å². The number of Topliss-reactive ketones (excluding diaryl/α,β-unsaturated/α-hetero) is 1. The van der Waals surface area contributed by atoms with Gasteiger partial charge in [-0.25, -0.2) is 4.79 Å². The van der Waals surface area contributed by atoms with Gasteiger partial charge in [0, 0.05) is 28.0 Å². The second-order valence-corrected chi connectivity index (χ2v) is 7.08. The van der Waals surface area contributed by atoms with Crippen LogP contribution in [0.1, 0.15) is 20.8 Å². The Bertz CT molecular complexity index is 983. The number of H-pyrrole nitrogens is 1.